The molecule has 0 amide bonds. The summed E-state index contributed by atoms with van der Waals surface area (Å²) in [6.07, 6.45) is 0. The zero-order valence-corrected chi connectivity index (χ0v) is 13.6. The summed E-state index contributed by atoms with van der Waals surface area (Å²) in [6.45, 7) is 6.03. The van der Waals surface area contributed by atoms with Gasteiger partial charge < -0.3 is 4.74 Å². The van der Waals surface area contributed by atoms with Crippen molar-refractivity contribution in [2.45, 2.75) is 26.1 Å². The number of alkyl halides is 1. The molecule has 0 radical (unpaired) electrons. The van der Waals surface area contributed by atoms with E-state index in [1.165, 1.54) is 5.56 Å². The number of aryl methyl sites for hydroxylation is 3. The highest BCUT2D eigenvalue weighted by Crippen LogP contribution is 2.31. The predicted molar refractivity (Wildman–Crippen MR) is 84.8 cm³/mol. The Morgan fingerprint density at radius 2 is 1.63 bits per heavy atom. The van der Waals surface area contributed by atoms with Gasteiger partial charge in [0.05, 0.1) is 0 Å². The average molecular weight is 340 g/mol. The van der Waals surface area contributed by atoms with E-state index in [2.05, 4.69) is 35.0 Å². The van der Waals surface area contributed by atoms with Gasteiger partial charge in [-0.05, 0) is 61.2 Å². The maximum absolute atomic E-state index is 6.16. The molecule has 0 aliphatic heterocycles. The molecule has 0 heterocycles. The smallest absolute Gasteiger partial charge is 0.130 e. The van der Waals surface area contributed by atoms with E-state index >= 15 is 0 Å². The molecular weight excluding hydrogens is 324 g/mol. The van der Waals surface area contributed by atoms with Crippen LogP contribution in [0.4, 0.5) is 0 Å². The second-order valence-corrected chi connectivity index (χ2v) is 5.65. The monoisotopic (exact) mass is 338 g/mol. The first-order valence-corrected chi connectivity index (χ1v) is 7.61. The fraction of sp³-hybridized carbons (Fsp3) is 0.250. The molecule has 0 aliphatic carbocycles. The molecule has 3 heteroatoms. The van der Waals surface area contributed by atoms with Gasteiger partial charge in [-0.3, -0.25) is 0 Å². The van der Waals surface area contributed by atoms with Gasteiger partial charge in [0, 0.05) is 10.4 Å². The molecular formula is C16H16BrClO. The second-order valence-electron chi connectivity index (χ2n) is 4.71. The number of hydrogen-bond acceptors (Lipinski definition) is 1. The highest BCUT2D eigenvalue weighted by molar-refractivity contribution is 9.08. The van der Waals surface area contributed by atoms with Crippen molar-refractivity contribution in [3.05, 3.63) is 57.6 Å². The van der Waals surface area contributed by atoms with Crippen LogP contribution in [0, 0.1) is 20.8 Å². The zero-order chi connectivity index (χ0) is 14.0. The van der Waals surface area contributed by atoms with Gasteiger partial charge in [0.2, 0.25) is 0 Å². The lowest BCUT2D eigenvalue weighted by atomic mass is 10.1. The summed E-state index contributed by atoms with van der Waals surface area (Å²) in [7, 11) is 0. The summed E-state index contributed by atoms with van der Waals surface area (Å²) in [6, 6.07) is 10.1. The lowest BCUT2D eigenvalue weighted by Gasteiger charge is -2.12. The maximum atomic E-state index is 6.16. The summed E-state index contributed by atoms with van der Waals surface area (Å²) in [5.74, 6) is 1.71. The number of benzene rings is 2. The number of hydrogen-bond donors (Lipinski definition) is 0. The van der Waals surface area contributed by atoms with E-state index in [4.69, 9.17) is 16.3 Å². The molecule has 0 bridgehead atoms. The van der Waals surface area contributed by atoms with Crippen LogP contribution < -0.4 is 4.74 Å². The SMILES string of the molecule is Cc1cc(CBr)ccc1Oc1cc(C)c(Cl)c(C)c1. The van der Waals surface area contributed by atoms with Gasteiger partial charge in [-0.25, -0.2) is 0 Å². The summed E-state index contributed by atoms with van der Waals surface area (Å²) in [5.41, 5.74) is 4.44. The van der Waals surface area contributed by atoms with Gasteiger partial charge in [0.25, 0.3) is 0 Å². The van der Waals surface area contributed by atoms with Gasteiger partial charge in [-0.2, -0.15) is 0 Å². The largest absolute Gasteiger partial charge is 0.457 e. The van der Waals surface area contributed by atoms with Crippen LogP contribution >= 0.6 is 27.5 Å². The van der Waals surface area contributed by atoms with Gasteiger partial charge in [-0.15, -0.1) is 0 Å². The van der Waals surface area contributed by atoms with Crippen molar-refractivity contribution in [1.29, 1.82) is 0 Å². The number of halogens is 2. The standard InChI is InChI=1S/C16H16BrClO/c1-10-6-13(9-17)4-5-15(10)19-14-7-11(2)16(18)12(3)8-14/h4-8H,9H2,1-3H3. The predicted octanol–water partition coefficient (Wildman–Crippen LogP) is 5.95. The second kappa shape index (κ2) is 5.98. The van der Waals surface area contributed by atoms with Gasteiger partial charge in [0.1, 0.15) is 11.5 Å². The van der Waals surface area contributed by atoms with Crippen molar-refractivity contribution in [3.63, 3.8) is 0 Å². The molecule has 0 N–H and O–H groups in total. The van der Waals surface area contributed by atoms with Crippen LogP contribution in [0.5, 0.6) is 11.5 Å². The van der Waals surface area contributed by atoms with Crippen molar-refractivity contribution in [1.82, 2.24) is 0 Å². The molecule has 0 aromatic heterocycles. The minimum absolute atomic E-state index is 0.804. The van der Waals surface area contributed by atoms with E-state index in [9.17, 15) is 0 Å². The molecule has 19 heavy (non-hydrogen) atoms. The van der Waals surface area contributed by atoms with Crippen LogP contribution in [-0.4, -0.2) is 0 Å². The van der Waals surface area contributed by atoms with Gasteiger partial charge in [0.15, 0.2) is 0 Å². The molecule has 0 spiro atoms. The Morgan fingerprint density at radius 3 is 2.16 bits per heavy atom. The van der Waals surface area contributed by atoms with Crippen molar-refractivity contribution in [2.24, 2.45) is 0 Å². The summed E-state index contributed by atoms with van der Waals surface area (Å²) in [5, 5.41) is 1.66. The third-order valence-electron chi connectivity index (χ3n) is 3.03. The van der Waals surface area contributed by atoms with E-state index in [1.807, 2.05) is 32.0 Å². The quantitative estimate of drug-likeness (QED) is 0.628. The van der Waals surface area contributed by atoms with Crippen LogP contribution in [-0.2, 0) is 5.33 Å². The Labute approximate surface area is 127 Å². The molecule has 0 aliphatic rings. The van der Waals surface area contributed by atoms with Crippen LogP contribution in [0.25, 0.3) is 0 Å². The lowest BCUT2D eigenvalue weighted by Crippen LogP contribution is -1.91. The van der Waals surface area contributed by atoms with E-state index < -0.39 is 0 Å². The Balaban J connectivity index is 2.31. The molecule has 0 saturated carbocycles. The fourth-order valence-electron chi connectivity index (χ4n) is 2.00. The molecule has 0 fully saturated rings. The molecule has 0 unspecified atom stereocenters. The Bertz CT molecular complexity index is 585. The van der Waals surface area contributed by atoms with E-state index in [0.717, 1.165) is 38.5 Å². The minimum atomic E-state index is 0.804. The first-order chi connectivity index (χ1) is 9.01. The van der Waals surface area contributed by atoms with Gasteiger partial charge in [-0.1, -0.05) is 39.7 Å². The summed E-state index contributed by atoms with van der Waals surface area (Å²) in [4.78, 5) is 0. The number of ether oxygens (including phenoxy) is 1. The third-order valence-corrected chi connectivity index (χ3v) is 4.28. The molecule has 0 saturated heterocycles. The Kier molecular flexibility index (Phi) is 4.54. The minimum Gasteiger partial charge on any atom is -0.457 e. The van der Waals surface area contributed by atoms with E-state index in [1.54, 1.807) is 0 Å². The topological polar surface area (TPSA) is 9.23 Å². The molecule has 2 rings (SSSR count). The normalized spacial score (nSPS) is 10.6. The molecule has 100 valence electrons. The first kappa shape index (κ1) is 14.4. The zero-order valence-electron chi connectivity index (χ0n) is 11.3. The van der Waals surface area contributed by atoms with E-state index in [-0.39, 0.29) is 0 Å². The van der Waals surface area contributed by atoms with Crippen LogP contribution in [0.2, 0.25) is 5.02 Å². The molecule has 1 nitrogen and oxygen atoms in total. The average Bonchev–Trinajstić information content (AvgIpc) is 2.38. The van der Waals surface area contributed by atoms with Gasteiger partial charge >= 0.3 is 0 Å². The highest BCUT2D eigenvalue weighted by atomic mass is 79.9. The molecule has 2 aromatic rings. The fourth-order valence-corrected chi connectivity index (χ4v) is 2.46. The summed E-state index contributed by atoms with van der Waals surface area (Å²) >= 11 is 9.62. The van der Waals surface area contributed by atoms with Crippen molar-refractivity contribution in [3.8, 4) is 11.5 Å². The van der Waals surface area contributed by atoms with E-state index in [0.29, 0.717) is 0 Å². The molecule has 0 atom stereocenters. The van der Waals surface area contributed by atoms with Crippen molar-refractivity contribution >= 4 is 27.5 Å². The van der Waals surface area contributed by atoms with Crippen LogP contribution in [0.15, 0.2) is 30.3 Å². The molecule has 2 aromatic carbocycles. The Morgan fingerprint density at radius 1 is 1.00 bits per heavy atom. The lowest BCUT2D eigenvalue weighted by molar-refractivity contribution is 0.478. The van der Waals surface area contributed by atoms with Crippen molar-refractivity contribution < 1.29 is 4.74 Å². The number of rotatable bonds is 3. The third kappa shape index (κ3) is 3.31. The van der Waals surface area contributed by atoms with Crippen LogP contribution in [0.1, 0.15) is 22.3 Å². The van der Waals surface area contributed by atoms with Crippen molar-refractivity contribution in [2.75, 3.05) is 0 Å². The Hall–Kier alpha value is -0.990. The summed E-state index contributed by atoms with van der Waals surface area (Å²) < 4.78 is 5.95. The first-order valence-electron chi connectivity index (χ1n) is 6.11. The van der Waals surface area contributed by atoms with Crippen LogP contribution in [0.3, 0.4) is 0 Å². The highest BCUT2D eigenvalue weighted by Gasteiger charge is 2.06. The maximum Gasteiger partial charge on any atom is 0.130 e.